The minimum absolute atomic E-state index is 0.364. The van der Waals surface area contributed by atoms with Crippen molar-refractivity contribution in [3.8, 4) is 11.5 Å². The molecule has 2 rings (SSSR count). The maximum atomic E-state index is 12.2. The molecule has 0 aliphatic rings. The molecule has 0 atom stereocenters. The highest BCUT2D eigenvalue weighted by molar-refractivity contribution is 6.31. The lowest BCUT2D eigenvalue weighted by Gasteiger charge is -2.23. The van der Waals surface area contributed by atoms with Gasteiger partial charge in [0.2, 0.25) is 0 Å². The summed E-state index contributed by atoms with van der Waals surface area (Å²) in [6, 6.07) is 10.5. The molecule has 0 aliphatic carbocycles. The molecular formula is C17H19ClN2O4. The molecule has 0 saturated heterocycles. The van der Waals surface area contributed by atoms with E-state index < -0.39 is 0 Å². The second-order valence-electron chi connectivity index (χ2n) is 4.90. The van der Waals surface area contributed by atoms with Gasteiger partial charge in [-0.3, -0.25) is 9.63 Å². The Morgan fingerprint density at radius 2 is 1.75 bits per heavy atom. The van der Waals surface area contributed by atoms with Crippen molar-refractivity contribution in [2.24, 2.45) is 0 Å². The Morgan fingerprint density at radius 3 is 2.38 bits per heavy atom. The normalized spacial score (nSPS) is 10.2. The zero-order valence-electron chi connectivity index (χ0n) is 13.9. The van der Waals surface area contributed by atoms with Gasteiger partial charge in [-0.15, -0.1) is 0 Å². The average Bonchev–Trinajstić information content (AvgIpc) is 2.60. The van der Waals surface area contributed by atoms with Gasteiger partial charge < -0.3 is 14.4 Å². The zero-order chi connectivity index (χ0) is 17.7. The van der Waals surface area contributed by atoms with Crippen LogP contribution in [0, 0.1) is 0 Å². The molecule has 0 bridgehead atoms. The predicted molar refractivity (Wildman–Crippen MR) is 93.5 cm³/mol. The van der Waals surface area contributed by atoms with Crippen molar-refractivity contribution < 1.29 is 19.1 Å². The van der Waals surface area contributed by atoms with Crippen LogP contribution >= 0.6 is 11.6 Å². The van der Waals surface area contributed by atoms with Gasteiger partial charge in [0, 0.05) is 23.8 Å². The highest BCUT2D eigenvalue weighted by atomic mass is 35.5. The molecule has 128 valence electrons. The Bertz CT molecular complexity index is 737. The van der Waals surface area contributed by atoms with Gasteiger partial charge in [0.25, 0.3) is 5.91 Å². The number of benzene rings is 2. The van der Waals surface area contributed by atoms with E-state index in [-0.39, 0.29) is 5.91 Å². The Hall–Kier alpha value is -2.44. The quantitative estimate of drug-likeness (QED) is 0.809. The molecule has 7 heteroatoms. The monoisotopic (exact) mass is 350 g/mol. The number of nitrogens with zero attached hydrogens (tertiary/aromatic N) is 1. The molecule has 2 aromatic rings. The number of hydroxylamine groups is 1. The van der Waals surface area contributed by atoms with Crippen molar-refractivity contribution in [3.63, 3.8) is 0 Å². The first-order valence-corrected chi connectivity index (χ1v) is 7.48. The van der Waals surface area contributed by atoms with E-state index in [9.17, 15) is 4.79 Å². The molecule has 0 unspecified atom stereocenters. The zero-order valence-corrected chi connectivity index (χ0v) is 14.7. The largest absolute Gasteiger partial charge is 0.493 e. The molecule has 0 radical (unpaired) electrons. The number of ether oxygens (including phenoxy) is 2. The van der Waals surface area contributed by atoms with Crippen LogP contribution < -0.4 is 19.9 Å². The molecule has 0 fully saturated rings. The van der Waals surface area contributed by atoms with Crippen LogP contribution in [0.3, 0.4) is 0 Å². The summed E-state index contributed by atoms with van der Waals surface area (Å²) in [5.41, 5.74) is 4.18. The third-order valence-electron chi connectivity index (χ3n) is 3.51. The number of hydrogen-bond donors (Lipinski definition) is 1. The SMILES string of the molecule is CONC(=O)c1ccc(Cl)cc1N(C)c1ccc(OC)c(OC)c1. The van der Waals surface area contributed by atoms with Gasteiger partial charge in [-0.25, -0.2) is 5.48 Å². The van der Waals surface area contributed by atoms with Crippen molar-refractivity contribution in [3.05, 3.63) is 47.0 Å². The summed E-state index contributed by atoms with van der Waals surface area (Å²) in [6.45, 7) is 0. The van der Waals surface area contributed by atoms with E-state index in [0.29, 0.717) is 27.8 Å². The molecule has 1 amide bonds. The van der Waals surface area contributed by atoms with Crippen LogP contribution in [0.2, 0.25) is 5.02 Å². The van der Waals surface area contributed by atoms with Crippen molar-refractivity contribution in [1.29, 1.82) is 0 Å². The van der Waals surface area contributed by atoms with Crippen molar-refractivity contribution in [2.75, 3.05) is 33.3 Å². The fourth-order valence-electron chi connectivity index (χ4n) is 2.29. The minimum Gasteiger partial charge on any atom is -0.493 e. The fraction of sp³-hybridized carbons (Fsp3) is 0.235. The summed E-state index contributed by atoms with van der Waals surface area (Å²) in [5.74, 6) is 0.848. The van der Waals surface area contributed by atoms with E-state index in [4.69, 9.17) is 25.9 Å². The molecule has 0 spiro atoms. The third-order valence-corrected chi connectivity index (χ3v) is 3.75. The van der Waals surface area contributed by atoms with Crippen LogP contribution in [0.4, 0.5) is 11.4 Å². The summed E-state index contributed by atoms with van der Waals surface area (Å²) in [6.07, 6.45) is 0. The molecular weight excluding hydrogens is 332 g/mol. The molecule has 1 N–H and O–H groups in total. The number of carbonyl (C=O) groups excluding carboxylic acids is 1. The smallest absolute Gasteiger partial charge is 0.276 e. The molecule has 2 aromatic carbocycles. The highest BCUT2D eigenvalue weighted by Crippen LogP contribution is 2.35. The number of carbonyl (C=O) groups is 1. The van der Waals surface area contributed by atoms with E-state index in [2.05, 4.69) is 5.48 Å². The van der Waals surface area contributed by atoms with E-state index in [0.717, 1.165) is 5.69 Å². The van der Waals surface area contributed by atoms with Crippen LogP contribution in [0.5, 0.6) is 11.5 Å². The summed E-state index contributed by atoms with van der Waals surface area (Å²) in [7, 11) is 6.35. The maximum Gasteiger partial charge on any atom is 0.276 e. The van der Waals surface area contributed by atoms with Gasteiger partial charge in [-0.2, -0.15) is 0 Å². The molecule has 0 saturated carbocycles. The van der Waals surface area contributed by atoms with E-state index in [1.165, 1.54) is 7.11 Å². The molecule has 24 heavy (non-hydrogen) atoms. The van der Waals surface area contributed by atoms with E-state index in [1.54, 1.807) is 38.5 Å². The first kappa shape index (κ1) is 17.9. The maximum absolute atomic E-state index is 12.2. The van der Waals surface area contributed by atoms with Gasteiger partial charge in [0.05, 0.1) is 32.6 Å². The lowest BCUT2D eigenvalue weighted by molar-refractivity contribution is 0.0538. The van der Waals surface area contributed by atoms with Crippen LogP contribution in [0.1, 0.15) is 10.4 Å². The topological polar surface area (TPSA) is 60.0 Å². The van der Waals surface area contributed by atoms with Gasteiger partial charge in [0.15, 0.2) is 11.5 Å². The summed E-state index contributed by atoms with van der Waals surface area (Å²) < 4.78 is 10.6. The predicted octanol–water partition coefficient (Wildman–Crippen LogP) is 3.42. The number of amides is 1. The van der Waals surface area contributed by atoms with E-state index >= 15 is 0 Å². The third kappa shape index (κ3) is 3.72. The van der Waals surface area contributed by atoms with E-state index in [1.807, 2.05) is 24.1 Å². The Kier molecular flexibility index (Phi) is 5.89. The number of methoxy groups -OCH3 is 2. The second kappa shape index (κ2) is 7.90. The first-order chi connectivity index (χ1) is 11.5. The van der Waals surface area contributed by atoms with Gasteiger partial charge in [-0.05, 0) is 30.3 Å². The molecule has 0 aliphatic heterocycles. The number of nitrogens with one attached hydrogen (secondary N) is 1. The Labute approximate surface area is 145 Å². The second-order valence-corrected chi connectivity index (χ2v) is 5.33. The summed E-state index contributed by atoms with van der Waals surface area (Å²) in [5, 5.41) is 0.520. The van der Waals surface area contributed by atoms with Crippen molar-refractivity contribution >= 4 is 28.9 Å². The van der Waals surface area contributed by atoms with Crippen LogP contribution in [0.25, 0.3) is 0 Å². The van der Waals surface area contributed by atoms with Crippen molar-refractivity contribution in [1.82, 2.24) is 5.48 Å². The summed E-state index contributed by atoms with van der Waals surface area (Å²) in [4.78, 5) is 18.7. The molecule has 0 aromatic heterocycles. The number of halogens is 1. The molecule has 6 nitrogen and oxygen atoms in total. The van der Waals surface area contributed by atoms with Gasteiger partial charge in [0.1, 0.15) is 0 Å². The van der Waals surface area contributed by atoms with Gasteiger partial charge in [-0.1, -0.05) is 11.6 Å². The fourth-order valence-corrected chi connectivity index (χ4v) is 2.46. The number of rotatable bonds is 6. The van der Waals surface area contributed by atoms with Crippen LogP contribution in [-0.4, -0.2) is 34.3 Å². The lowest BCUT2D eigenvalue weighted by Crippen LogP contribution is -2.24. The summed E-state index contributed by atoms with van der Waals surface area (Å²) >= 11 is 6.10. The standard InChI is InChI=1S/C17H19ClN2O4/c1-20(12-6-8-15(22-2)16(10-12)23-3)14-9-11(18)5-7-13(14)17(21)19-24-4/h5-10H,1-4H3,(H,19,21). The highest BCUT2D eigenvalue weighted by Gasteiger charge is 2.17. The average molecular weight is 351 g/mol. The lowest BCUT2D eigenvalue weighted by atomic mass is 10.1. The van der Waals surface area contributed by atoms with Gasteiger partial charge >= 0.3 is 0 Å². The Morgan fingerprint density at radius 1 is 1.04 bits per heavy atom. The molecule has 0 heterocycles. The van der Waals surface area contributed by atoms with Crippen LogP contribution in [-0.2, 0) is 4.84 Å². The Balaban J connectivity index is 2.47. The number of anilines is 2. The number of hydrogen-bond acceptors (Lipinski definition) is 5. The minimum atomic E-state index is -0.364. The van der Waals surface area contributed by atoms with Crippen LogP contribution in [0.15, 0.2) is 36.4 Å². The first-order valence-electron chi connectivity index (χ1n) is 7.10. The van der Waals surface area contributed by atoms with Crippen molar-refractivity contribution in [2.45, 2.75) is 0 Å².